The monoisotopic (exact) mass is 294 g/mol. The zero-order valence-electron chi connectivity index (χ0n) is 12.5. The summed E-state index contributed by atoms with van der Waals surface area (Å²) < 4.78 is 0. The lowest BCUT2D eigenvalue weighted by molar-refractivity contribution is 1.40. The van der Waals surface area contributed by atoms with Crippen molar-refractivity contribution in [1.82, 2.24) is 9.97 Å². The molecule has 0 aliphatic heterocycles. The molecular weight excluding hydrogens is 280 g/mol. The predicted molar refractivity (Wildman–Crippen MR) is 96.5 cm³/mol. The van der Waals surface area contributed by atoms with E-state index < -0.39 is 0 Å². The van der Waals surface area contributed by atoms with Crippen molar-refractivity contribution in [3.63, 3.8) is 0 Å². The van der Waals surface area contributed by atoms with Crippen molar-refractivity contribution in [2.24, 2.45) is 0 Å². The minimum atomic E-state index is 1.01. The van der Waals surface area contributed by atoms with Gasteiger partial charge < -0.3 is 4.98 Å². The van der Waals surface area contributed by atoms with Gasteiger partial charge in [0, 0.05) is 32.8 Å². The van der Waals surface area contributed by atoms with Gasteiger partial charge in [-0.1, -0.05) is 48.5 Å². The molecular formula is C21H14N2. The van der Waals surface area contributed by atoms with Crippen LogP contribution in [0.1, 0.15) is 0 Å². The van der Waals surface area contributed by atoms with E-state index in [0.717, 1.165) is 22.3 Å². The van der Waals surface area contributed by atoms with Crippen molar-refractivity contribution in [3.8, 4) is 11.3 Å². The van der Waals surface area contributed by atoms with Crippen LogP contribution in [-0.2, 0) is 0 Å². The van der Waals surface area contributed by atoms with Crippen LogP contribution in [0.15, 0.2) is 78.9 Å². The van der Waals surface area contributed by atoms with E-state index in [4.69, 9.17) is 4.98 Å². The highest BCUT2D eigenvalue weighted by Gasteiger charge is 2.07. The first kappa shape index (κ1) is 12.4. The largest absolute Gasteiger partial charge is 0.355 e. The van der Waals surface area contributed by atoms with Crippen molar-refractivity contribution < 1.29 is 0 Å². The Balaban J connectivity index is 1.76. The maximum absolute atomic E-state index is 4.81. The van der Waals surface area contributed by atoms with E-state index in [1.165, 1.54) is 21.7 Å². The number of benzene rings is 3. The molecule has 23 heavy (non-hydrogen) atoms. The summed E-state index contributed by atoms with van der Waals surface area (Å²) in [6, 6.07) is 27.4. The smallest absolute Gasteiger partial charge is 0.0709 e. The number of aromatic nitrogens is 2. The number of aromatic amines is 1. The number of fused-ring (bicyclic) bond motifs is 4. The molecule has 0 saturated carbocycles. The average molecular weight is 294 g/mol. The summed E-state index contributed by atoms with van der Waals surface area (Å²) >= 11 is 0. The molecule has 0 aliphatic carbocycles. The summed E-state index contributed by atoms with van der Waals surface area (Å²) in [4.78, 5) is 8.27. The molecule has 5 aromatic rings. The van der Waals surface area contributed by atoms with Crippen LogP contribution in [-0.4, -0.2) is 9.97 Å². The molecule has 2 heteroatoms. The standard InChI is InChI=1S/C21H14N2/c1-3-7-18-14(5-1)9-11-19(22-18)15-10-12-21-17(13-15)16-6-2-4-8-20(16)23-21/h1-13,23H. The summed E-state index contributed by atoms with van der Waals surface area (Å²) in [6.45, 7) is 0. The van der Waals surface area contributed by atoms with E-state index in [1.807, 2.05) is 12.1 Å². The van der Waals surface area contributed by atoms with Crippen molar-refractivity contribution in [2.45, 2.75) is 0 Å². The molecule has 0 spiro atoms. The van der Waals surface area contributed by atoms with Gasteiger partial charge >= 0.3 is 0 Å². The number of para-hydroxylation sites is 2. The molecule has 5 rings (SSSR count). The highest BCUT2D eigenvalue weighted by molar-refractivity contribution is 6.08. The lowest BCUT2D eigenvalue weighted by Crippen LogP contribution is -1.85. The van der Waals surface area contributed by atoms with E-state index in [-0.39, 0.29) is 0 Å². The molecule has 0 atom stereocenters. The van der Waals surface area contributed by atoms with Gasteiger partial charge in [0.25, 0.3) is 0 Å². The lowest BCUT2D eigenvalue weighted by atomic mass is 10.1. The molecule has 0 radical (unpaired) electrons. The molecule has 2 heterocycles. The molecule has 0 bridgehead atoms. The van der Waals surface area contributed by atoms with Gasteiger partial charge in [0.1, 0.15) is 0 Å². The summed E-state index contributed by atoms with van der Waals surface area (Å²) in [7, 11) is 0. The Labute approximate surface area is 133 Å². The molecule has 0 amide bonds. The molecule has 108 valence electrons. The zero-order valence-corrected chi connectivity index (χ0v) is 12.5. The van der Waals surface area contributed by atoms with Crippen LogP contribution < -0.4 is 0 Å². The maximum Gasteiger partial charge on any atom is 0.0709 e. The number of H-pyrrole nitrogens is 1. The second-order valence-corrected chi connectivity index (χ2v) is 5.82. The highest BCUT2D eigenvalue weighted by atomic mass is 14.7. The van der Waals surface area contributed by atoms with Crippen LogP contribution in [0.4, 0.5) is 0 Å². The molecule has 2 nitrogen and oxygen atoms in total. The Hall–Kier alpha value is -3.13. The van der Waals surface area contributed by atoms with Crippen molar-refractivity contribution in [2.75, 3.05) is 0 Å². The first-order chi connectivity index (χ1) is 11.4. The summed E-state index contributed by atoms with van der Waals surface area (Å²) in [5, 5.41) is 3.67. The van der Waals surface area contributed by atoms with Crippen LogP contribution in [0.3, 0.4) is 0 Å². The van der Waals surface area contributed by atoms with Crippen LogP contribution in [0.2, 0.25) is 0 Å². The van der Waals surface area contributed by atoms with Crippen molar-refractivity contribution >= 4 is 32.7 Å². The summed E-state index contributed by atoms with van der Waals surface area (Å²) in [5.74, 6) is 0. The van der Waals surface area contributed by atoms with Gasteiger partial charge in [-0.3, -0.25) is 0 Å². The number of pyridine rings is 1. The Kier molecular flexibility index (Phi) is 2.53. The van der Waals surface area contributed by atoms with Crippen LogP contribution in [0.5, 0.6) is 0 Å². The third-order valence-corrected chi connectivity index (χ3v) is 4.40. The van der Waals surface area contributed by atoms with Gasteiger partial charge in [-0.05, 0) is 30.3 Å². The fraction of sp³-hybridized carbons (Fsp3) is 0. The second-order valence-electron chi connectivity index (χ2n) is 5.82. The zero-order chi connectivity index (χ0) is 15.2. The molecule has 0 aliphatic rings. The second kappa shape index (κ2) is 4.68. The van der Waals surface area contributed by atoms with E-state index in [1.54, 1.807) is 0 Å². The van der Waals surface area contributed by atoms with Crippen molar-refractivity contribution in [1.29, 1.82) is 0 Å². The van der Waals surface area contributed by atoms with Gasteiger partial charge in [-0.2, -0.15) is 0 Å². The SMILES string of the molecule is c1ccc2nc(-c3ccc4[nH]c5ccccc5c4c3)ccc2c1. The Morgan fingerprint density at radius 3 is 2.48 bits per heavy atom. The van der Waals surface area contributed by atoms with Gasteiger partial charge in [-0.25, -0.2) is 4.98 Å². The molecule has 2 aromatic heterocycles. The number of nitrogens with zero attached hydrogens (tertiary/aromatic N) is 1. The quantitative estimate of drug-likeness (QED) is 0.432. The third kappa shape index (κ3) is 1.92. The number of nitrogens with one attached hydrogen (secondary N) is 1. The molecule has 0 saturated heterocycles. The Morgan fingerprint density at radius 1 is 0.652 bits per heavy atom. The van der Waals surface area contributed by atoms with E-state index in [9.17, 15) is 0 Å². The third-order valence-electron chi connectivity index (χ3n) is 4.40. The fourth-order valence-corrected chi connectivity index (χ4v) is 3.23. The molecule has 3 aromatic carbocycles. The lowest BCUT2D eigenvalue weighted by Gasteiger charge is -2.04. The first-order valence-electron chi connectivity index (χ1n) is 7.75. The van der Waals surface area contributed by atoms with E-state index >= 15 is 0 Å². The predicted octanol–water partition coefficient (Wildman–Crippen LogP) is 5.54. The van der Waals surface area contributed by atoms with Crippen LogP contribution >= 0.6 is 0 Å². The van der Waals surface area contributed by atoms with Crippen LogP contribution in [0, 0.1) is 0 Å². The number of hydrogen-bond donors (Lipinski definition) is 1. The van der Waals surface area contributed by atoms with E-state index in [2.05, 4.69) is 71.7 Å². The summed E-state index contributed by atoms with van der Waals surface area (Å²) in [6.07, 6.45) is 0. The molecule has 0 fully saturated rings. The van der Waals surface area contributed by atoms with Crippen molar-refractivity contribution in [3.05, 3.63) is 78.9 Å². The number of hydrogen-bond acceptors (Lipinski definition) is 1. The van der Waals surface area contributed by atoms with Gasteiger partial charge in [0.05, 0.1) is 11.2 Å². The maximum atomic E-state index is 4.81. The fourth-order valence-electron chi connectivity index (χ4n) is 3.23. The highest BCUT2D eigenvalue weighted by Crippen LogP contribution is 2.29. The van der Waals surface area contributed by atoms with Gasteiger partial charge in [0.15, 0.2) is 0 Å². The summed E-state index contributed by atoms with van der Waals surface area (Å²) in [5.41, 5.74) is 5.52. The Bertz CT molecular complexity index is 1170. The minimum absolute atomic E-state index is 1.01. The molecule has 0 unspecified atom stereocenters. The van der Waals surface area contributed by atoms with Gasteiger partial charge in [-0.15, -0.1) is 0 Å². The average Bonchev–Trinajstić information content (AvgIpc) is 2.99. The Morgan fingerprint density at radius 2 is 1.48 bits per heavy atom. The topological polar surface area (TPSA) is 28.7 Å². The van der Waals surface area contributed by atoms with Gasteiger partial charge in [0.2, 0.25) is 0 Å². The minimum Gasteiger partial charge on any atom is -0.355 e. The molecule has 1 N–H and O–H groups in total. The first-order valence-corrected chi connectivity index (χ1v) is 7.75. The number of rotatable bonds is 1. The van der Waals surface area contributed by atoms with Crippen LogP contribution in [0.25, 0.3) is 44.0 Å². The normalized spacial score (nSPS) is 11.5. The van der Waals surface area contributed by atoms with E-state index in [0.29, 0.717) is 0 Å².